The van der Waals surface area contributed by atoms with Crippen molar-refractivity contribution in [2.75, 3.05) is 26.3 Å². The zero-order valence-corrected chi connectivity index (χ0v) is 22.0. The van der Waals surface area contributed by atoms with E-state index in [0.717, 1.165) is 37.2 Å². The molecule has 0 saturated carbocycles. The number of hydrogen-bond acceptors (Lipinski definition) is 4. The van der Waals surface area contributed by atoms with Crippen LogP contribution in [0.4, 0.5) is 0 Å². The smallest absolute Gasteiger partial charge is 0.216 e. The molecule has 3 N–H and O–H groups in total. The Balaban J connectivity index is 0.00000841. The lowest BCUT2D eigenvalue weighted by molar-refractivity contribution is 0.108. The predicted molar refractivity (Wildman–Crippen MR) is 136 cm³/mol. The number of guanidine groups is 1. The first-order valence-electron chi connectivity index (χ1n) is 10.4. The van der Waals surface area contributed by atoms with Gasteiger partial charge in [-0.05, 0) is 44.2 Å². The van der Waals surface area contributed by atoms with Crippen LogP contribution in [0.2, 0.25) is 0 Å². The minimum Gasteiger partial charge on any atom is -0.381 e. The summed E-state index contributed by atoms with van der Waals surface area (Å²) >= 11 is 0. The van der Waals surface area contributed by atoms with E-state index in [4.69, 9.17) is 4.74 Å². The van der Waals surface area contributed by atoms with Gasteiger partial charge in [-0.25, -0.2) is 18.1 Å². The lowest BCUT2D eigenvalue weighted by atomic mass is 10.1. The lowest BCUT2D eigenvalue weighted by Crippen LogP contribution is -2.38. The highest BCUT2D eigenvalue weighted by Crippen LogP contribution is 2.13. The van der Waals surface area contributed by atoms with Crippen molar-refractivity contribution in [3.8, 4) is 0 Å². The average Bonchev–Trinajstić information content (AvgIpc) is 2.61. The maximum Gasteiger partial charge on any atom is 0.216 e. The van der Waals surface area contributed by atoms with Crippen LogP contribution in [0.3, 0.4) is 0 Å². The summed E-state index contributed by atoms with van der Waals surface area (Å²) in [5.74, 6) is 1.21. The maximum absolute atomic E-state index is 12.3. The molecule has 0 spiro atoms. The van der Waals surface area contributed by atoms with Crippen molar-refractivity contribution in [2.45, 2.75) is 59.4 Å². The van der Waals surface area contributed by atoms with Crippen LogP contribution in [0.5, 0.6) is 0 Å². The first kappa shape index (κ1) is 29.1. The lowest BCUT2D eigenvalue weighted by Gasteiger charge is -2.14. The molecule has 30 heavy (non-hydrogen) atoms. The molecule has 174 valence electrons. The maximum atomic E-state index is 12.3. The van der Waals surface area contributed by atoms with Gasteiger partial charge in [0.15, 0.2) is 5.96 Å². The van der Waals surface area contributed by atoms with Gasteiger partial charge in [-0.1, -0.05) is 38.1 Å². The molecule has 9 heteroatoms. The molecule has 0 saturated heterocycles. The van der Waals surface area contributed by atoms with E-state index in [1.165, 1.54) is 0 Å². The number of nitrogens with one attached hydrogen (secondary N) is 3. The molecule has 1 rings (SSSR count). The highest BCUT2D eigenvalue weighted by molar-refractivity contribution is 14.0. The van der Waals surface area contributed by atoms with Crippen molar-refractivity contribution in [1.82, 2.24) is 15.4 Å². The number of benzene rings is 1. The fourth-order valence-electron chi connectivity index (χ4n) is 2.66. The highest BCUT2D eigenvalue weighted by Gasteiger charge is 2.15. The molecule has 1 aromatic rings. The molecule has 0 heterocycles. The summed E-state index contributed by atoms with van der Waals surface area (Å²) in [5, 5.41) is 6.52. The zero-order valence-electron chi connectivity index (χ0n) is 18.9. The normalized spacial score (nSPS) is 12.2. The monoisotopic (exact) mass is 554 g/mol. The Morgan fingerprint density at radius 3 is 2.37 bits per heavy atom. The fraction of sp³-hybridized carbons (Fsp3) is 0.667. The summed E-state index contributed by atoms with van der Waals surface area (Å²) in [4.78, 5) is 4.62. The molecule has 0 amide bonds. The van der Waals surface area contributed by atoms with Crippen LogP contribution in [-0.2, 0) is 27.1 Å². The van der Waals surface area contributed by atoms with Gasteiger partial charge in [-0.15, -0.1) is 24.0 Å². The van der Waals surface area contributed by atoms with Crippen LogP contribution >= 0.6 is 24.0 Å². The van der Waals surface area contributed by atoms with Gasteiger partial charge in [-0.2, -0.15) is 0 Å². The first-order chi connectivity index (χ1) is 13.7. The Labute approximate surface area is 199 Å². The summed E-state index contributed by atoms with van der Waals surface area (Å²) in [5.41, 5.74) is 1.67. The fourth-order valence-corrected chi connectivity index (χ4v) is 4.16. The number of hydrogen-bond donors (Lipinski definition) is 3. The third-order valence-electron chi connectivity index (χ3n) is 3.84. The van der Waals surface area contributed by atoms with Gasteiger partial charge in [0.1, 0.15) is 0 Å². The molecule has 0 aliphatic rings. The molecule has 7 nitrogen and oxygen atoms in total. The summed E-state index contributed by atoms with van der Waals surface area (Å²) < 4.78 is 32.8. The second-order valence-corrected chi connectivity index (χ2v) is 9.50. The number of aliphatic imine (C=N–C) groups is 1. The highest BCUT2D eigenvalue weighted by atomic mass is 127. The third-order valence-corrected chi connectivity index (χ3v) is 5.36. The van der Waals surface area contributed by atoms with E-state index in [1.54, 1.807) is 0 Å². The number of halogens is 1. The van der Waals surface area contributed by atoms with E-state index < -0.39 is 10.0 Å². The van der Waals surface area contributed by atoms with Crippen LogP contribution in [0.1, 0.15) is 52.2 Å². The van der Waals surface area contributed by atoms with Crippen LogP contribution < -0.4 is 15.4 Å². The van der Waals surface area contributed by atoms with Crippen LogP contribution in [0, 0.1) is 5.92 Å². The number of nitrogens with zero attached hydrogens (tertiary/aromatic N) is 1. The second kappa shape index (κ2) is 15.8. The molecule has 1 aromatic carbocycles. The molecule has 0 aromatic heterocycles. The quantitative estimate of drug-likeness (QED) is 0.151. The molecule has 0 aliphatic heterocycles. The van der Waals surface area contributed by atoms with Gasteiger partial charge >= 0.3 is 0 Å². The van der Waals surface area contributed by atoms with Crippen molar-refractivity contribution in [2.24, 2.45) is 10.9 Å². The van der Waals surface area contributed by atoms with E-state index in [2.05, 4.69) is 34.2 Å². The molecule has 0 unspecified atom stereocenters. The van der Waals surface area contributed by atoms with Gasteiger partial charge in [0, 0.05) is 32.3 Å². The molecule has 0 bridgehead atoms. The van der Waals surface area contributed by atoms with Crippen molar-refractivity contribution in [1.29, 1.82) is 0 Å². The summed E-state index contributed by atoms with van der Waals surface area (Å²) in [7, 11) is -3.38. The predicted octanol–water partition coefficient (Wildman–Crippen LogP) is 3.25. The molecule has 0 atom stereocenters. The standard InChI is InChI=1S/C21H38N4O3S.HI/c1-6-22-21(23-12-9-13-28-15-17(2)3)24-14-19-10-7-8-11-20(19)16-29(26,27)25-18(4)5;/h7-8,10-11,17-18,25H,6,9,12-16H2,1-5H3,(H2,22,23,24);1H. The van der Waals surface area contributed by atoms with Gasteiger partial charge < -0.3 is 15.4 Å². The minimum atomic E-state index is -3.38. The number of ether oxygens (including phenoxy) is 1. The molecule has 0 aliphatic carbocycles. The largest absolute Gasteiger partial charge is 0.381 e. The van der Waals surface area contributed by atoms with Crippen molar-refractivity contribution in [3.05, 3.63) is 35.4 Å². The SMILES string of the molecule is CCNC(=NCc1ccccc1CS(=O)(=O)NC(C)C)NCCCOCC(C)C.I. The minimum absolute atomic E-state index is 0. The Kier molecular flexibility index (Phi) is 15.3. The van der Waals surface area contributed by atoms with E-state index >= 15 is 0 Å². The Hall–Kier alpha value is -0.910. The molecule has 0 radical (unpaired) electrons. The number of rotatable bonds is 13. The topological polar surface area (TPSA) is 91.8 Å². The number of sulfonamides is 1. The van der Waals surface area contributed by atoms with Crippen LogP contribution in [0.15, 0.2) is 29.3 Å². The van der Waals surface area contributed by atoms with E-state index in [-0.39, 0.29) is 35.8 Å². The average molecular weight is 555 g/mol. The molecular formula is C21H39IN4O3S. The summed E-state index contributed by atoms with van der Waals surface area (Å²) in [6.07, 6.45) is 0.896. The van der Waals surface area contributed by atoms with Crippen LogP contribution in [0.25, 0.3) is 0 Å². The van der Waals surface area contributed by atoms with E-state index in [1.807, 2.05) is 45.0 Å². The van der Waals surface area contributed by atoms with Crippen molar-refractivity contribution < 1.29 is 13.2 Å². The Morgan fingerprint density at radius 1 is 1.10 bits per heavy atom. The zero-order chi connectivity index (χ0) is 21.7. The third kappa shape index (κ3) is 13.4. The van der Waals surface area contributed by atoms with Gasteiger partial charge in [0.05, 0.1) is 12.3 Å². The van der Waals surface area contributed by atoms with Crippen LogP contribution in [-0.4, -0.2) is 46.7 Å². The van der Waals surface area contributed by atoms with Gasteiger partial charge in [-0.3, -0.25) is 0 Å². The summed E-state index contributed by atoms with van der Waals surface area (Å²) in [6.45, 7) is 13.3. The van der Waals surface area contributed by atoms with Gasteiger partial charge in [0.25, 0.3) is 0 Å². The molecule has 0 fully saturated rings. The van der Waals surface area contributed by atoms with Gasteiger partial charge in [0.2, 0.25) is 10.0 Å². The molecular weight excluding hydrogens is 515 g/mol. The van der Waals surface area contributed by atoms with E-state index in [0.29, 0.717) is 25.0 Å². The van der Waals surface area contributed by atoms with E-state index in [9.17, 15) is 8.42 Å². The summed E-state index contributed by atoms with van der Waals surface area (Å²) in [6, 6.07) is 7.40. The first-order valence-corrected chi connectivity index (χ1v) is 12.1. The van der Waals surface area contributed by atoms with Crippen molar-refractivity contribution in [3.63, 3.8) is 0 Å². The van der Waals surface area contributed by atoms with Crippen molar-refractivity contribution >= 4 is 40.0 Å². The second-order valence-electron chi connectivity index (χ2n) is 7.74. The Morgan fingerprint density at radius 2 is 1.77 bits per heavy atom. The Bertz CT molecular complexity index is 725.